The standard InChI is InChI=1S/C14H16N4O2/c19-14(20)18-7-3-6-17(8-9-18)13-11-4-1-2-5-12(11)15-10-16-13/h1-2,4-5,10H,3,6-9H2,(H,19,20). The van der Waals surface area contributed by atoms with Crippen LogP contribution in [0.4, 0.5) is 10.6 Å². The molecule has 0 atom stereocenters. The predicted molar refractivity (Wildman–Crippen MR) is 76.0 cm³/mol. The summed E-state index contributed by atoms with van der Waals surface area (Å²) < 4.78 is 0. The minimum Gasteiger partial charge on any atom is -0.465 e. The monoisotopic (exact) mass is 272 g/mol. The highest BCUT2D eigenvalue weighted by molar-refractivity contribution is 5.89. The third-order valence-electron chi connectivity index (χ3n) is 3.59. The van der Waals surface area contributed by atoms with Gasteiger partial charge in [0, 0.05) is 31.6 Å². The lowest BCUT2D eigenvalue weighted by Gasteiger charge is -2.22. The lowest BCUT2D eigenvalue weighted by Crippen LogP contribution is -2.34. The van der Waals surface area contributed by atoms with Crippen LogP contribution in [0, 0.1) is 0 Å². The van der Waals surface area contributed by atoms with E-state index in [9.17, 15) is 4.79 Å². The van der Waals surface area contributed by atoms with Gasteiger partial charge in [-0.25, -0.2) is 14.8 Å². The third-order valence-corrected chi connectivity index (χ3v) is 3.59. The zero-order chi connectivity index (χ0) is 13.9. The predicted octanol–water partition coefficient (Wildman–Crippen LogP) is 1.82. The zero-order valence-electron chi connectivity index (χ0n) is 11.1. The smallest absolute Gasteiger partial charge is 0.407 e. The number of fused-ring (bicyclic) bond motifs is 1. The van der Waals surface area contributed by atoms with Crippen molar-refractivity contribution in [2.75, 3.05) is 31.1 Å². The fraction of sp³-hybridized carbons (Fsp3) is 0.357. The molecule has 6 heteroatoms. The highest BCUT2D eigenvalue weighted by Gasteiger charge is 2.20. The molecule has 1 aliphatic rings. The van der Waals surface area contributed by atoms with Crippen LogP contribution in [0.1, 0.15) is 6.42 Å². The first-order valence-corrected chi connectivity index (χ1v) is 6.68. The average molecular weight is 272 g/mol. The van der Waals surface area contributed by atoms with E-state index in [-0.39, 0.29) is 0 Å². The van der Waals surface area contributed by atoms with Crippen molar-refractivity contribution in [3.8, 4) is 0 Å². The summed E-state index contributed by atoms with van der Waals surface area (Å²) >= 11 is 0. The first-order chi connectivity index (χ1) is 9.75. The Balaban J connectivity index is 1.89. The summed E-state index contributed by atoms with van der Waals surface area (Å²) in [5.41, 5.74) is 0.914. The summed E-state index contributed by atoms with van der Waals surface area (Å²) in [6.45, 7) is 2.56. The van der Waals surface area contributed by atoms with E-state index in [1.807, 2.05) is 24.3 Å². The maximum Gasteiger partial charge on any atom is 0.407 e. The van der Waals surface area contributed by atoms with Crippen LogP contribution < -0.4 is 4.90 Å². The van der Waals surface area contributed by atoms with Crippen molar-refractivity contribution < 1.29 is 9.90 Å². The molecule has 2 heterocycles. The molecule has 104 valence electrons. The normalized spacial score (nSPS) is 16.2. The molecule has 0 radical (unpaired) electrons. The molecule has 0 saturated carbocycles. The second kappa shape index (κ2) is 5.32. The van der Waals surface area contributed by atoms with Gasteiger partial charge in [-0.2, -0.15) is 0 Å². The molecule has 1 aromatic carbocycles. The van der Waals surface area contributed by atoms with Gasteiger partial charge in [0.2, 0.25) is 0 Å². The van der Waals surface area contributed by atoms with Crippen molar-refractivity contribution in [2.45, 2.75) is 6.42 Å². The Morgan fingerprint density at radius 3 is 2.80 bits per heavy atom. The van der Waals surface area contributed by atoms with Crippen molar-refractivity contribution >= 4 is 22.8 Å². The summed E-state index contributed by atoms with van der Waals surface area (Å²) in [6, 6.07) is 7.89. The van der Waals surface area contributed by atoms with Crippen molar-refractivity contribution in [1.82, 2.24) is 14.9 Å². The van der Waals surface area contributed by atoms with E-state index < -0.39 is 6.09 Å². The molecule has 1 amide bonds. The van der Waals surface area contributed by atoms with E-state index >= 15 is 0 Å². The highest BCUT2D eigenvalue weighted by Crippen LogP contribution is 2.23. The van der Waals surface area contributed by atoms with Crippen LogP contribution in [0.5, 0.6) is 0 Å². The minimum absolute atomic E-state index is 0.508. The number of amides is 1. The molecule has 1 aromatic heterocycles. The number of nitrogens with zero attached hydrogens (tertiary/aromatic N) is 4. The van der Waals surface area contributed by atoms with Gasteiger partial charge in [0.25, 0.3) is 0 Å². The molecule has 20 heavy (non-hydrogen) atoms. The molecule has 0 spiro atoms. The average Bonchev–Trinajstić information content (AvgIpc) is 2.72. The first kappa shape index (κ1) is 12.7. The molecule has 1 aliphatic heterocycles. The minimum atomic E-state index is -0.848. The molecule has 2 aromatic rings. The van der Waals surface area contributed by atoms with Crippen LogP contribution in [0.2, 0.25) is 0 Å². The molecule has 0 aliphatic carbocycles. The van der Waals surface area contributed by atoms with E-state index in [0.29, 0.717) is 19.6 Å². The summed E-state index contributed by atoms with van der Waals surface area (Å²) in [6.07, 6.45) is 1.53. The van der Waals surface area contributed by atoms with Gasteiger partial charge in [-0.3, -0.25) is 0 Å². The first-order valence-electron chi connectivity index (χ1n) is 6.68. The van der Waals surface area contributed by atoms with Crippen LogP contribution in [-0.4, -0.2) is 52.2 Å². The largest absolute Gasteiger partial charge is 0.465 e. The van der Waals surface area contributed by atoms with Crippen LogP contribution in [0.25, 0.3) is 10.9 Å². The number of anilines is 1. The Hall–Kier alpha value is -2.37. The number of para-hydroxylation sites is 1. The number of aromatic nitrogens is 2. The van der Waals surface area contributed by atoms with Crippen molar-refractivity contribution in [1.29, 1.82) is 0 Å². The quantitative estimate of drug-likeness (QED) is 0.857. The molecule has 0 unspecified atom stereocenters. The SMILES string of the molecule is O=C(O)N1CCCN(c2ncnc3ccccc23)CC1. The van der Waals surface area contributed by atoms with E-state index in [2.05, 4.69) is 14.9 Å². The van der Waals surface area contributed by atoms with Crippen LogP contribution in [0.3, 0.4) is 0 Å². The van der Waals surface area contributed by atoms with Gasteiger partial charge in [-0.1, -0.05) is 12.1 Å². The molecule has 6 nitrogen and oxygen atoms in total. The van der Waals surface area contributed by atoms with Crippen molar-refractivity contribution in [2.24, 2.45) is 0 Å². The maximum absolute atomic E-state index is 11.0. The maximum atomic E-state index is 11.0. The van der Waals surface area contributed by atoms with E-state index in [1.54, 1.807) is 6.33 Å². The van der Waals surface area contributed by atoms with Gasteiger partial charge in [-0.05, 0) is 18.6 Å². The number of hydrogen-bond acceptors (Lipinski definition) is 4. The number of carboxylic acid groups (broad SMARTS) is 1. The van der Waals surface area contributed by atoms with Crippen LogP contribution >= 0.6 is 0 Å². The molecule has 3 rings (SSSR count). The van der Waals surface area contributed by atoms with Gasteiger partial charge >= 0.3 is 6.09 Å². The van der Waals surface area contributed by atoms with Gasteiger partial charge in [0.1, 0.15) is 12.1 Å². The fourth-order valence-electron chi connectivity index (χ4n) is 2.56. The van der Waals surface area contributed by atoms with E-state index in [0.717, 1.165) is 29.7 Å². The second-order valence-electron chi connectivity index (χ2n) is 4.82. The summed E-state index contributed by atoms with van der Waals surface area (Å²) in [4.78, 5) is 23.3. The lowest BCUT2D eigenvalue weighted by atomic mass is 10.2. The Morgan fingerprint density at radius 1 is 1.10 bits per heavy atom. The van der Waals surface area contributed by atoms with Gasteiger partial charge in [0.15, 0.2) is 0 Å². The zero-order valence-corrected chi connectivity index (χ0v) is 11.1. The summed E-state index contributed by atoms with van der Waals surface area (Å²) in [7, 11) is 0. The van der Waals surface area contributed by atoms with Crippen LogP contribution in [0.15, 0.2) is 30.6 Å². The molecular formula is C14H16N4O2. The summed E-state index contributed by atoms with van der Waals surface area (Å²) in [5, 5.41) is 10.1. The number of benzene rings is 1. The Kier molecular flexibility index (Phi) is 3.37. The van der Waals surface area contributed by atoms with Gasteiger partial charge in [0.05, 0.1) is 5.52 Å². The molecular weight excluding hydrogens is 256 g/mol. The third kappa shape index (κ3) is 2.36. The molecule has 1 N–H and O–H groups in total. The lowest BCUT2D eigenvalue weighted by molar-refractivity contribution is 0.148. The second-order valence-corrected chi connectivity index (χ2v) is 4.82. The van der Waals surface area contributed by atoms with Crippen molar-refractivity contribution in [3.05, 3.63) is 30.6 Å². The van der Waals surface area contributed by atoms with E-state index in [1.165, 1.54) is 4.90 Å². The highest BCUT2D eigenvalue weighted by atomic mass is 16.4. The number of carbonyl (C=O) groups is 1. The number of rotatable bonds is 1. The topological polar surface area (TPSA) is 69.6 Å². The van der Waals surface area contributed by atoms with Crippen molar-refractivity contribution in [3.63, 3.8) is 0 Å². The summed E-state index contributed by atoms with van der Waals surface area (Å²) in [5.74, 6) is 0.892. The van der Waals surface area contributed by atoms with E-state index in [4.69, 9.17) is 5.11 Å². The molecule has 0 bridgehead atoms. The van der Waals surface area contributed by atoms with Gasteiger partial charge in [-0.15, -0.1) is 0 Å². The Labute approximate surface area is 116 Å². The molecule has 1 saturated heterocycles. The van der Waals surface area contributed by atoms with Gasteiger partial charge < -0.3 is 14.9 Å². The fourth-order valence-corrected chi connectivity index (χ4v) is 2.56. The number of hydrogen-bond donors (Lipinski definition) is 1. The van der Waals surface area contributed by atoms with Crippen LogP contribution in [-0.2, 0) is 0 Å². The Morgan fingerprint density at radius 2 is 1.95 bits per heavy atom. The Bertz CT molecular complexity index is 626. The molecule has 1 fully saturated rings.